The number of methoxy groups -OCH3 is 2. The number of anilines is 1. The largest absolute Gasteiger partial charge is 0.493 e. The van der Waals surface area contributed by atoms with Crippen molar-refractivity contribution in [2.75, 3.05) is 32.6 Å². The van der Waals surface area contributed by atoms with E-state index in [1.165, 1.54) is 16.7 Å². The molecule has 0 saturated carbocycles. The van der Waals surface area contributed by atoms with E-state index in [9.17, 15) is 14.9 Å². The summed E-state index contributed by atoms with van der Waals surface area (Å²) in [5.41, 5.74) is 1.90. The van der Waals surface area contributed by atoms with Crippen molar-refractivity contribution in [1.29, 1.82) is 5.26 Å². The summed E-state index contributed by atoms with van der Waals surface area (Å²) in [6.45, 7) is 8.75. The van der Waals surface area contributed by atoms with Gasteiger partial charge in [-0.25, -0.2) is 0 Å². The highest BCUT2D eigenvalue weighted by atomic mass is 32.2. The summed E-state index contributed by atoms with van der Waals surface area (Å²) in [6.07, 6.45) is 5.64. The Morgan fingerprint density at radius 3 is 2.61 bits per heavy atom. The molecule has 1 saturated heterocycles. The van der Waals surface area contributed by atoms with Gasteiger partial charge in [0.2, 0.25) is 0 Å². The number of carbonyl (C=O) groups excluding carboxylic acids is 1. The van der Waals surface area contributed by atoms with Gasteiger partial charge in [-0.2, -0.15) is 5.26 Å². The summed E-state index contributed by atoms with van der Waals surface area (Å²) < 4.78 is 12.8. The highest BCUT2D eigenvalue weighted by molar-refractivity contribution is 8.26. The van der Waals surface area contributed by atoms with Crippen LogP contribution in [0.4, 0.5) is 5.82 Å². The van der Waals surface area contributed by atoms with Crippen LogP contribution in [-0.4, -0.2) is 47.0 Å². The summed E-state index contributed by atoms with van der Waals surface area (Å²) in [4.78, 5) is 28.3. The minimum atomic E-state index is -0.344. The Bertz CT molecular complexity index is 1370. The van der Waals surface area contributed by atoms with Gasteiger partial charge < -0.3 is 14.8 Å². The molecule has 10 heteroatoms. The number of aromatic nitrogens is 1. The van der Waals surface area contributed by atoms with E-state index in [1.54, 1.807) is 37.9 Å². The van der Waals surface area contributed by atoms with Gasteiger partial charge in [-0.05, 0) is 49.1 Å². The average molecular weight is 553 g/mol. The Hall–Kier alpha value is -3.55. The third-order valence-electron chi connectivity index (χ3n) is 6.22. The second-order valence-corrected chi connectivity index (χ2v) is 10.3. The lowest BCUT2D eigenvalue weighted by atomic mass is 10.0. The van der Waals surface area contributed by atoms with Crippen molar-refractivity contribution in [3.05, 3.63) is 68.4 Å². The van der Waals surface area contributed by atoms with Gasteiger partial charge in [0.15, 0.2) is 11.5 Å². The zero-order chi connectivity index (χ0) is 27.8. The molecule has 1 aromatic heterocycles. The van der Waals surface area contributed by atoms with Crippen LogP contribution in [0.3, 0.4) is 0 Å². The lowest BCUT2D eigenvalue weighted by molar-refractivity contribution is -0.121. The first-order valence-electron chi connectivity index (χ1n) is 12.3. The van der Waals surface area contributed by atoms with Gasteiger partial charge >= 0.3 is 0 Å². The molecule has 0 atom stereocenters. The lowest BCUT2D eigenvalue weighted by Gasteiger charge is -2.20. The van der Waals surface area contributed by atoms with Crippen molar-refractivity contribution >= 4 is 46.1 Å². The Kier molecular flexibility index (Phi) is 10.2. The van der Waals surface area contributed by atoms with Gasteiger partial charge in [-0.15, -0.1) is 6.58 Å². The lowest BCUT2D eigenvalue weighted by Crippen LogP contribution is -2.29. The maximum absolute atomic E-state index is 13.3. The second-order valence-electron chi connectivity index (χ2n) is 8.63. The van der Waals surface area contributed by atoms with E-state index in [1.807, 2.05) is 25.1 Å². The predicted octanol–water partition coefficient (Wildman–Crippen LogP) is 4.89. The van der Waals surface area contributed by atoms with Crippen LogP contribution in [0.25, 0.3) is 6.08 Å². The molecule has 1 aliphatic heterocycles. The Labute approximate surface area is 232 Å². The van der Waals surface area contributed by atoms with E-state index < -0.39 is 0 Å². The summed E-state index contributed by atoms with van der Waals surface area (Å²) in [5.74, 6) is 1.65. The highest BCUT2D eigenvalue weighted by Gasteiger charge is 2.32. The number of nitrogens with one attached hydrogen (secondary N) is 1. The predicted molar refractivity (Wildman–Crippen MR) is 157 cm³/mol. The van der Waals surface area contributed by atoms with Crippen LogP contribution in [0.2, 0.25) is 0 Å². The summed E-state index contributed by atoms with van der Waals surface area (Å²) in [7, 11) is 3.18. The van der Waals surface area contributed by atoms with E-state index in [0.717, 1.165) is 18.4 Å². The van der Waals surface area contributed by atoms with Crippen LogP contribution in [0.15, 0.2) is 40.6 Å². The fourth-order valence-corrected chi connectivity index (χ4v) is 5.42. The fourth-order valence-electron chi connectivity index (χ4n) is 4.16. The molecule has 1 fully saturated rings. The SMILES string of the molecule is C=CCN1C(=O)/C(=C\c2c(C)c(C#N)c(=O)n(CCCC)c2NCCc2ccc(OC)c(OC)c2)SC1=S. The molecule has 1 N–H and O–H groups in total. The number of ether oxygens (including phenoxy) is 2. The molecule has 0 bridgehead atoms. The summed E-state index contributed by atoms with van der Waals surface area (Å²) in [5, 5.41) is 13.2. The number of amides is 1. The van der Waals surface area contributed by atoms with E-state index in [2.05, 4.69) is 18.0 Å². The molecule has 1 amide bonds. The number of carbonyl (C=O) groups is 1. The summed E-state index contributed by atoms with van der Waals surface area (Å²) in [6, 6.07) is 7.80. The van der Waals surface area contributed by atoms with Gasteiger partial charge in [0.05, 0.1) is 19.1 Å². The normalized spacial score (nSPS) is 14.1. The van der Waals surface area contributed by atoms with E-state index in [0.29, 0.717) is 63.7 Å². The zero-order valence-electron chi connectivity index (χ0n) is 22.1. The topological polar surface area (TPSA) is 96.6 Å². The Morgan fingerprint density at radius 1 is 1.24 bits per heavy atom. The number of nitrogens with zero attached hydrogens (tertiary/aromatic N) is 3. The molecule has 0 radical (unpaired) electrons. The Morgan fingerprint density at radius 2 is 1.97 bits per heavy atom. The molecule has 8 nitrogen and oxygen atoms in total. The molecule has 2 heterocycles. The number of hydrogen-bond donors (Lipinski definition) is 1. The summed E-state index contributed by atoms with van der Waals surface area (Å²) >= 11 is 6.59. The molecule has 1 aliphatic rings. The molecule has 200 valence electrons. The molecule has 0 unspecified atom stereocenters. The second kappa shape index (κ2) is 13.3. The first-order chi connectivity index (χ1) is 18.3. The van der Waals surface area contributed by atoms with Crippen molar-refractivity contribution in [3.63, 3.8) is 0 Å². The molecule has 0 aliphatic carbocycles. The zero-order valence-corrected chi connectivity index (χ0v) is 23.8. The van der Waals surface area contributed by atoms with Crippen LogP contribution < -0.4 is 20.3 Å². The smallest absolute Gasteiger partial charge is 0.270 e. The number of rotatable bonds is 12. The van der Waals surface area contributed by atoms with Gasteiger partial charge in [-0.1, -0.05) is 49.5 Å². The number of thioether (sulfide) groups is 1. The van der Waals surface area contributed by atoms with E-state index in [4.69, 9.17) is 21.7 Å². The van der Waals surface area contributed by atoms with Crippen LogP contribution in [0.5, 0.6) is 11.5 Å². The number of unbranched alkanes of at least 4 members (excludes halogenated alkanes) is 1. The molecule has 0 spiro atoms. The van der Waals surface area contributed by atoms with Gasteiger partial charge in [0.1, 0.15) is 21.8 Å². The van der Waals surface area contributed by atoms with Crippen LogP contribution >= 0.6 is 24.0 Å². The molecular formula is C28H32N4O4S2. The van der Waals surface area contributed by atoms with Gasteiger partial charge in [0, 0.05) is 25.2 Å². The number of pyridine rings is 1. The minimum Gasteiger partial charge on any atom is -0.493 e. The van der Waals surface area contributed by atoms with E-state index in [-0.39, 0.29) is 17.0 Å². The van der Waals surface area contributed by atoms with Crippen molar-refractivity contribution in [1.82, 2.24) is 9.47 Å². The molecule has 1 aromatic carbocycles. The van der Waals surface area contributed by atoms with Crippen molar-refractivity contribution < 1.29 is 14.3 Å². The third-order valence-corrected chi connectivity index (χ3v) is 7.60. The number of benzene rings is 1. The molecular weight excluding hydrogens is 520 g/mol. The maximum Gasteiger partial charge on any atom is 0.270 e. The third kappa shape index (κ3) is 6.11. The monoisotopic (exact) mass is 552 g/mol. The highest BCUT2D eigenvalue weighted by Crippen LogP contribution is 2.35. The van der Waals surface area contributed by atoms with E-state index >= 15 is 0 Å². The first kappa shape index (κ1) is 29.0. The van der Waals surface area contributed by atoms with Crippen LogP contribution in [-0.2, 0) is 17.8 Å². The van der Waals surface area contributed by atoms with Gasteiger partial charge in [0.25, 0.3) is 11.5 Å². The molecule has 2 aromatic rings. The quantitative estimate of drug-likeness (QED) is 0.226. The number of hydrogen-bond acceptors (Lipinski definition) is 8. The molecule has 3 rings (SSSR count). The Balaban J connectivity index is 2.05. The van der Waals surface area contributed by atoms with Crippen LogP contribution in [0.1, 0.15) is 42.0 Å². The fraction of sp³-hybridized carbons (Fsp3) is 0.357. The first-order valence-corrected chi connectivity index (χ1v) is 13.5. The van der Waals surface area contributed by atoms with Crippen molar-refractivity contribution in [2.24, 2.45) is 0 Å². The maximum atomic E-state index is 13.3. The van der Waals surface area contributed by atoms with Crippen molar-refractivity contribution in [3.8, 4) is 17.6 Å². The molecule has 38 heavy (non-hydrogen) atoms. The minimum absolute atomic E-state index is 0.0689. The standard InChI is InChI=1S/C28H32N4O4S2/c1-6-8-14-31-25(30-12-11-19-9-10-22(35-4)23(15-19)36-5)20(18(3)21(17-29)26(31)33)16-24-27(34)32(13-7-2)28(37)38-24/h7,9-10,15-16,30H,2,6,8,11-14H2,1,3-5H3/b24-16+. The van der Waals surface area contributed by atoms with Gasteiger partial charge in [-0.3, -0.25) is 19.1 Å². The number of thiocarbonyl (C=S) groups is 1. The number of nitriles is 1. The van der Waals surface area contributed by atoms with Crippen molar-refractivity contribution in [2.45, 2.75) is 39.7 Å². The van der Waals surface area contributed by atoms with Crippen LogP contribution in [0, 0.1) is 18.3 Å². The average Bonchev–Trinajstić information content (AvgIpc) is 3.18.